The molecule has 0 bridgehead atoms. The third kappa shape index (κ3) is 6.04. The van der Waals surface area contributed by atoms with Crippen molar-refractivity contribution < 1.29 is 9.53 Å². The topological polar surface area (TPSA) is 26.3 Å². The summed E-state index contributed by atoms with van der Waals surface area (Å²) in [6, 6.07) is 5.15. The fourth-order valence-corrected chi connectivity index (χ4v) is 3.61. The molecule has 128 valence electrons. The number of carbonyl (C=O) groups excluding carboxylic acids is 1. The van der Waals surface area contributed by atoms with Crippen molar-refractivity contribution in [3.05, 3.63) is 23.2 Å². The van der Waals surface area contributed by atoms with Crippen molar-refractivity contribution in [1.29, 1.82) is 0 Å². The van der Waals surface area contributed by atoms with Crippen LogP contribution in [0.2, 0.25) is 5.02 Å². The molecule has 0 radical (unpaired) electrons. The highest BCUT2D eigenvalue weighted by atomic mass is 35.5. The fourth-order valence-electron chi connectivity index (χ4n) is 3.30. The highest BCUT2D eigenvalue weighted by molar-refractivity contribution is 7.80. The van der Waals surface area contributed by atoms with Crippen LogP contribution in [-0.2, 0) is 4.79 Å². The normalized spacial score (nSPS) is 21.2. The Kier molecular flexibility index (Phi) is 7.78. The Morgan fingerprint density at radius 1 is 1.22 bits per heavy atom. The third-order valence-corrected chi connectivity index (χ3v) is 5.62. The molecule has 0 aliphatic heterocycles. The first-order chi connectivity index (χ1) is 11.1. The van der Waals surface area contributed by atoms with Gasteiger partial charge < -0.3 is 4.74 Å². The highest BCUT2D eigenvalue weighted by Crippen LogP contribution is 2.33. The van der Waals surface area contributed by atoms with Crippen LogP contribution in [0, 0.1) is 11.8 Å². The van der Waals surface area contributed by atoms with E-state index < -0.39 is 0 Å². The molecule has 0 heterocycles. The third-order valence-electron chi connectivity index (χ3n) is 4.78. The van der Waals surface area contributed by atoms with E-state index in [0.29, 0.717) is 15.7 Å². The molecule has 0 N–H and O–H groups in total. The molecule has 1 aromatic rings. The molecule has 1 aliphatic carbocycles. The summed E-state index contributed by atoms with van der Waals surface area (Å²) < 4.78 is 5.48. The van der Waals surface area contributed by atoms with Gasteiger partial charge >= 0.3 is 5.97 Å². The van der Waals surface area contributed by atoms with Crippen LogP contribution in [0.25, 0.3) is 0 Å². The van der Waals surface area contributed by atoms with Gasteiger partial charge in [-0.2, -0.15) is 0 Å². The lowest BCUT2D eigenvalue weighted by molar-refractivity contribution is -0.140. The van der Waals surface area contributed by atoms with Crippen LogP contribution in [0.5, 0.6) is 5.75 Å². The van der Waals surface area contributed by atoms with Gasteiger partial charge in [-0.3, -0.25) is 4.79 Å². The van der Waals surface area contributed by atoms with E-state index in [2.05, 4.69) is 19.6 Å². The van der Waals surface area contributed by atoms with E-state index in [-0.39, 0.29) is 11.9 Å². The molecule has 2 rings (SSSR count). The first-order valence-electron chi connectivity index (χ1n) is 8.80. The molecule has 2 nitrogen and oxygen atoms in total. The van der Waals surface area contributed by atoms with Crippen LogP contribution in [-0.4, -0.2) is 5.97 Å². The molecule has 1 fully saturated rings. The summed E-state index contributed by atoms with van der Waals surface area (Å²) in [5.74, 6) is 1.24. The lowest BCUT2D eigenvalue weighted by Gasteiger charge is -2.27. The van der Waals surface area contributed by atoms with Gasteiger partial charge in [0, 0.05) is 11.0 Å². The Labute approximate surface area is 150 Å². The van der Waals surface area contributed by atoms with Crippen molar-refractivity contribution in [3.63, 3.8) is 0 Å². The van der Waals surface area contributed by atoms with Gasteiger partial charge in [0.2, 0.25) is 0 Å². The molecule has 0 amide bonds. The lowest BCUT2D eigenvalue weighted by atomic mass is 9.80. The SMILES string of the molecule is CCCCCCC1CCC(C(=O)Oc2ccc(S)c(Cl)c2)CC1. The van der Waals surface area contributed by atoms with Crippen LogP contribution in [0.3, 0.4) is 0 Å². The summed E-state index contributed by atoms with van der Waals surface area (Å²) in [7, 11) is 0. The predicted molar refractivity (Wildman–Crippen MR) is 98.5 cm³/mol. The van der Waals surface area contributed by atoms with Crippen LogP contribution in [0.4, 0.5) is 0 Å². The minimum atomic E-state index is -0.114. The number of rotatable bonds is 7. The van der Waals surface area contributed by atoms with Crippen molar-refractivity contribution in [1.82, 2.24) is 0 Å². The second kappa shape index (κ2) is 9.58. The first kappa shape index (κ1) is 18.7. The number of benzene rings is 1. The number of thiol groups is 1. The molecule has 0 atom stereocenters. The zero-order valence-corrected chi connectivity index (χ0v) is 15.5. The molecule has 1 aromatic carbocycles. The maximum atomic E-state index is 12.3. The molecule has 1 aliphatic rings. The van der Waals surface area contributed by atoms with Crippen molar-refractivity contribution in [3.8, 4) is 5.75 Å². The Morgan fingerprint density at radius 2 is 1.96 bits per heavy atom. The maximum absolute atomic E-state index is 12.3. The number of carbonyl (C=O) groups is 1. The zero-order valence-electron chi connectivity index (χ0n) is 13.9. The van der Waals surface area contributed by atoms with Gasteiger partial charge in [0.1, 0.15) is 5.75 Å². The monoisotopic (exact) mass is 354 g/mol. The molecule has 0 saturated heterocycles. The van der Waals surface area contributed by atoms with Gasteiger partial charge in [0.15, 0.2) is 0 Å². The van der Waals surface area contributed by atoms with Gasteiger partial charge in [-0.25, -0.2) is 0 Å². The van der Waals surface area contributed by atoms with Crippen LogP contribution >= 0.6 is 24.2 Å². The molecule has 0 spiro atoms. The minimum absolute atomic E-state index is 0.0383. The number of hydrogen-bond acceptors (Lipinski definition) is 3. The van der Waals surface area contributed by atoms with Crippen molar-refractivity contribution in [2.24, 2.45) is 11.8 Å². The second-order valence-corrected chi connectivity index (χ2v) is 7.49. The first-order valence-corrected chi connectivity index (χ1v) is 9.63. The summed E-state index contributed by atoms with van der Waals surface area (Å²) in [5, 5.41) is 0.509. The van der Waals surface area contributed by atoms with Gasteiger partial charge in [-0.15, -0.1) is 12.6 Å². The van der Waals surface area contributed by atoms with Crippen molar-refractivity contribution >= 4 is 30.2 Å². The van der Waals surface area contributed by atoms with Gasteiger partial charge in [-0.05, 0) is 43.7 Å². The number of hydrogen-bond donors (Lipinski definition) is 1. The van der Waals surface area contributed by atoms with Gasteiger partial charge in [0.25, 0.3) is 0 Å². The van der Waals surface area contributed by atoms with Crippen LogP contribution in [0.1, 0.15) is 64.7 Å². The maximum Gasteiger partial charge on any atom is 0.314 e. The van der Waals surface area contributed by atoms with E-state index in [1.54, 1.807) is 18.2 Å². The molecule has 1 saturated carbocycles. The summed E-state index contributed by atoms with van der Waals surface area (Å²) in [6.45, 7) is 2.24. The predicted octanol–water partition coefficient (Wildman–Crippen LogP) is 6.31. The summed E-state index contributed by atoms with van der Waals surface area (Å²) in [6.07, 6.45) is 10.9. The molecule has 0 unspecified atom stereocenters. The Hall–Kier alpha value is -0.670. The average Bonchev–Trinajstić information content (AvgIpc) is 2.55. The second-order valence-electron chi connectivity index (χ2n) is 6.60. The quantitative estimate of drug-likeness (QED) is 0.268. The van der Waals surface area contributed by atoms with E-state index >= 15 is 0 Å². The Balaban J connectivity index is 1.74. The smallest absolute Gasteiger partial charge is 0.314 e. The van der Waals surface area contributed by atoms with Crippen LogP contribution < -0.4 is 4.74 Å². The molecular formula is C19H27ClO2S. The zero-order chi connectivity index (χ0) is 16.7. The molecule has 23 heavy (non-hydrogen) atoms. The summed E-state index contributed by atoms with van der Waals surface area (Å²) in [4.78, 5) is 13.0. The van der Waals surface area contributed by atoms with Gasteiger partial charge in [0.05, 0.1) is 10.9 Å². The molecular weight excluding hydrogens is 328 g/mol. The van der Waals surface area contributed by atoms with E-state index in [9.17, 15) is 4.79 Å². The van der Waals surface area contributed by atoms with E-state index in [1.165, 1.54) is 32.1 Å². The highest BCUT2D eigenvalue weighted by Gasteiger charge is 2.27. The van der Waals surface area contributed by atoms with Crippen LogP contribution in [0.15, 0.2) is 23.1 Å². The fraction of sp³-hybridized carbons (Fsp3) is 0.632. The Morgan fingerprint density at radius 3 is 2.61 bits per heavy atom. The number of unbranched alkanes of at least 4 members (excludes halogenated alkanes) is 3. The molecule has 4 heteroatoms. The number of halogens is 1. The van der Waals surface area contributed by atoms with Gasteiger partial charge in [-0.1, -0.05) is 50.6 Å². The summed E-state index contributed by atoms with van der Waals surface area (Å²) >= 11 is 10.2. The van der Waals surface area contributed by atoms with E-state index in [1.807, 2.05) is 0 Å². The van der Waals surface area contributed by atoms with E-state index in [4.69, 9.17) is 16.3 Å². The molecule has 0 aromatic heterocycles. The lowest BCUT2D eigenvalue weighted by Crippen LogP contribution is -2.25. The largest absolute Gasteiger partial charge is 0.426 e. The number of ether oxygens (including phenoxy) is 1. The average molecular weight is 355 g/mol. The van der Waals surface area contributed by atoms with Crippen molar-refractivity contribution in [2.75, 3.05) is 0 Å². The Bertz CT molecular complexity index is 510. The van der Waals surface area contributed by atoms with E-state index in [0.717, 1.165) is 31.6 Å². The number of esters is 1. The summed E-state index contributed by atoms with van der Waals surface area (Å²) in [5.41, 5.74) is 0. The minimum Gasteiger partial charge on any atom is -0.426 e. The standard InChI is InChI=1S/C19H27ClO2S/c1-2-3-4-5-6-14-7-9-15(10-8-14)19(21)22-16-11-12-18(23)17(20)13-16/h11-15,23H,2-10H2,1H3. The van der Waals surface area contributed by atoms with Crippen molar-refractivity contribution in [2.45, 2.75) is 69.6 Å².